The Morgan fingerprint density at radius 3 is 2.92 bits per heavy atom. The normalized spacial score (nSPS) is 11.1. The molecule has 0 atom stereocenters. The van der Waals surface area contributed by atoms with Crippen LogP contribution >= 0.6 is 11.3 Å². The predicted molar refractivity (Wildman–Crippen MR) is 101 cm³/mol. The highest BCUT2D eigenvalue weighted by Crippen LogP contribution is 2.24. The quantitative estimate of drug-likeness (QED) is 0.496. The molecule has 26 heavy (non-hydrogen) atoms. The van der Waals surface area contributed by atoms with Gasteiger partial charge in [-0.15, -0.1) is 10.2 Å². The van der Waals surface area contributed by atoms with E-state index in [4.69, 9.17) is 5.73 Å². The number of anilines is 2. The maximum atomic E-state index is 5.61. The van der Waals surface area contributed by atoms with Gasteiger partial charge in [0, 0.05) is 38.0 Å². The van der Waals surface area contributed by atoms with Crippen molar-refractivity contribution in [2.45, 2.75) is 12.8 Å². The molecule has 0 aromatic carbocycles. The minimum Gasteiger partial charge on any atom is -0.374 e. The van der Waals surface area contributed by atoms with E-state index in [1.165, 1.54) is 11.3 Å². The Labute approximate surface area is 153 Å². The number of hydrogen-bond acceptors (Lipinski definition) is 9. The molecule has 0 aliphatic heterocycles. The predicted octanol–water partition coefficient (Wildman–Crippen LogP) is 1.90. The third kappa shape index (κ3) is 3.31. The van der Waals surface area contributed by atoms with Crippen molar-refractivity contribution in [2.24, 2.45) is 7.05 Å². The van der Waals surface area contributed by atoms with Crippen molar-refractivity contribution in [1.29, 1.82) is 0 Å². The third-order valence-corrected chi connectivity index (χ3v) is 4.67. The highest BCUT2D eigenvalue weighted by Gasteiger charge is 2.13. The fraction of sp³-hybridized carbons (Fsp3) is 0.250. The van der Waals surface area contributed by atoms with Crippen LogP contribution in [0.5, 0.6) is 0 Å². The lowest BCUT2D eigenvalue weighted by Crippen LogP contribution is -2.07. The summed E-state index contributed by atoms with van der Waals surface area (Å²) in [6.07, 6.45) is 6.96. The van der Waals surface area contributed by atoms with E-state index >= 15 is 0 Å². The number of nitrogens with one attached hydrogen (secondary N) is 1. The van der Waals surface area contributed by atoms with E-state index in [1.807, 2.05) is 19.2 Å². The SMILES string of the molecule is Cn1ncc2c(NCCCc3nnc(N)s3)nc(-c3cccnc3)nc21. The molecule has 4 heterocycles. The lowest BCUT2D eigenvalue weighted by atomic mass is 10.2. The van der Waals surface area contributed by atoms with Crippen molar-refractivity contribution >= 4 is 33.3 Å². The Morgan fingerprint density at radius 2 is 2.15 bits per heavy atom. The molecule has 0 aliphatic rings. The lowest BCUT2D eigenvalue weighted by molar-refractivity contribution is 0.785. The van der Waals surface area contributed by atoms with Gasteiger partial charge < -0.3 is 11.1 Å². The molecule has 3 N–H and O–H groups in total. The second kappa shape index (κ2) is 7.00. The molecule has 0 bridgehead atoms. The van der Waals surface area contributed by atoms with E-state index < -0.39 is 0 Å². The second-order valence-corrected chi connectivity index (χ2v) is 6.80. The average molecular weight is 367 g/mol. The molecule has 0 saturated heterocycles. The van der Waals surface area contributed by atoms with Crippen LogP contribution in [-0.4, -0.2) is 41.5 Å². The summed E-state index contributed by atoms with van der Waals surface area (Å²) < 4.78 is 1.74. The van der Waals surface area contributed by atoms with Gasteiger partial charge in [-0.05, 0) is 18.6 Å². The standard InChI is InChI=1S/C16H17N9S/c1-25-15-11(9-20-25)14(19-7-3-5-12-23-24-16(17)26-12)21-13(22-15)10-4-2-6-18-8-10/h2,4,6,8-9H,3,5,7H2,1H3,(H2,17,24)(H,19,21,22). The zero-order valence-corrected chi connectivity index (χ0v) is 14.9. The molecule has 4 rings (SSSR count). The van der Waals surface area contributed by atoms with Gasteiger partial charge in [-0.3, -0.25) is 9.67 Å². The van der Waals surface area contributed by atoms with E-state index in [9.17, 15) is 0 Å². The summed E-state index contributed by atoms with van der Waals surface area (Å²) in [5.41, 5.74) is 7.25. The van der Waals surface area contributed by atoms with Crippen molar-refractivity contribution < 1.29 is 0 Å². The largest absolute Gasteiger partial charge is 0.374 e. The van der Waals surface area contributed by atoms with Crippen LogP contribution in [0.15, 0.2) is 30.7 Å². The highest BCUT2D eigenvalue weighted by atomic mass is 32.1. The summed E-state index contributed by atoms with van der Waals surface area (Å²) >= 11 is 1.42. The van der Waals surface area contributed by atoms with Gasteiger partial charge in [-0.25, -0.2) is 9.97 Å². The molecule has 0 radical (unpaired) electrons. The zero-order chi connectivity index (χ0) is 17.9. The van der Waals surface area contributed by atoms with Gasteiger partial charge in [-0.1, -0.05) is 11.3 Å². The molecule has 0 amide bonds. The van der Waals surface area contributed by atoms with E-state index in [2.05, 4.69) is 35.6 Å². The van der Waals surface area contributed by atoms with E-state index in [1.54, 1.807) is 23.3 Å². The number of rotatable bonds is 6. The average Bonchev–Trinajstić information content (AvgIpc) is 3.25. The number of nitrogen functional groups attached to an aromatic ring is 1. The summed E-state index contributed by atoms with van der Waals surface area (Å²) in [4.78, 5) is 13.4. The molecule has 4 aromatic rings. The summed E-state index contributed by atoms with van der Waals surface area (Å²) in [6.45, 7) is 0.743. The molecule has 0 saturated carbocycles. The number of aryl methyl sites for hydroxylation is 2. The van der Waals surface area contributed by atoms with Crippen molar-refractivity contribution in [3.05, 3.63) is 35.7 Å². The monoisotopic (exact) mass is 367 g/mol. The minimum absolute atomic E-state index is 0.502. The van der Waals surface area contributed by atoms with E-state index in [0.29, 0.717) is 11.0 Å². The van der Waals surface area contributed by atoms with Gasteiger partial charge >= 0.3 is 0 Å². The van der Waals surface area contributed by atoms with Gasteiger partial charge in [0.15, 0.2) is 11.5 Å². The van der Waals surface area contributed by atoms with Gasteiger partial charge in [0.05, 0.1) is 11.6 Å². The van der Waals surface area contributed by atoms with Crippen LogP contribution < -0.4 is 11.1 Å². The number of hydrogen-bond donors (Lipinski definition) is 2. The number of nitrogens with zero attached hydrogens (tertiary/aromatic N) is 7. The molecule has 132 valence electrons. The highest BCUT2D eigenvalue weighted by molar-refractivity contribution is 7.15. The molecule has 0 unspecified atom stereocenters. The fourth-order valence-corrected chi connectivity index (χ4v) is 3.25. The van der Waals surface area contributed by atoms with Crippen LogP contribution in [0.2, 0.25) is 0 Å². The van der Waals surface area contributed by atoms with Crippen LogP contribution in [0, 0.1) is 0 Å². The molecular formula is C16H17N9S. The Kier molecular flexibility index (Phi) is 4.40. The minimum atomic E-state index is 0.502. The van der Waals surface area contributed by atoms with Gasteiger partial charge in [-0.2, -0.15) is 5.10 Å². The molecule has 0 spiro atoms. The number of nitrogens with two attached hydrogens (primary N) is 1. The van der Waals surface area contributed by atoms with Crippen LogP contribution in [0.3, 0.4) is 0 Å². The third-order valence-electron chi connectivity index (χ3n) is 3.85. The van der Waals surface area contributed by atoms with Gasteiger partial charge in [0.2, 0.25) is 5.13 Å². The van der Waals surface area contributed by atoms with Crippen molar-refractivity contribution in [3.63, 3.8) is 0 Å². The number of fused-ring (bicyclic) bond motifs is 1. The summed E-state index contributed by atoms with van der Waals surface area (Å²) in [7, 11) is 1.87. The topological polar surface area (TPSA) is 120 Å². The van der Waals surface area contributed by atoms with Crippen molar-refractivity contribution in [1.82, 2.24) is 34.9 Å². The van der Waals surface area contributed by atoms with Crippen LogP contribution in [0.1, 0.15) is 11.4 Å². The summed E-state index contributed by atoms with van der Waals surface area (Å²) in [5.74, 6) is 1.38. The molecular weight excluding hydrogens is 350 g/mol. The first kappa shape index (κ1) is 16.3. The first-order valence-corrected chi connectivity index (χ1v) is 8.94. The maximum Gasteiger partial charge on any atom is 0.203 e. The maximum absolute atomic E-state index is 5.61. The molecule has 9 nitrogen and oxygen atoms in total. The van der Waals surface area contributed by atoms with Crippen molar-refractivity contribution in [2.75, 3.05) is 17.6 Å². The molecule has 0 aliphatic carbocycles. The number of aromatic nitrogens is 7. The lowest BCUT2D eigenvalue weighted by Gasteiger charge is -2.08. The van der Waals surface area contributed by atoms with E-state index in [0.717, 1.165) is 46.8 Å². The summed E-state index contributed by atoms with van der Waals surface area (Å²) in [5, 5.41) is 17.9. The van der Waals surface area contributed by atoms with Gasteiger partial charge in [0.1, 0.15) is 10.8 Å². The van der Waals surface area contributed by atoms with Crippen molar-refractivity contribution in [3.8, 4) is 11.4 Å². The molecule has 4 aromatic heterocycles. The zero-order valence-electron chi connectivity index (χ0n) is 14.1. The van der Waals surface area contributed by atoms with Crippen LogP contribution in [0.25, 0.3) is 22.4 Å². The first-order chi connectivity index (χ1) is 12.7. The number of pyridine rings is 1. The Bertz CT molecular complexity index is 1020. The van der Waals surface area contributed by atoms with Gasteiger partial charge in [0.25, 0.3) is 0 Å². The first-order valence-electron chi connectivity index (χ1n) is 8.12. The Hall–Kier alpha value is -3.14. The molecule has 10 heteroatoms. The van der Waals surface area contributed by atoms with E-state index in [-0.39, 0.29) is 0 Å². The van der Waals surface area contributed by atoms with Crippen LogP contribution in [-0.2, 0) is 13.5 Å². The Morgan fingerprint density at radius 1 is 1.23 bits per heavy atom. The van der Waals surface area contributed by atoms with Crippen LogP contribution in [0.4, 0.5) is 10.9 Å². The molecule has 0 fully saturated rings. The second-order valence-electron chi connectivity index (χ2n) is 5.71. The smallest absolute Gasteiger partial charge is 0.203 e. The summed E-state index contributed by atoms with van der Waals surface area (Å²) in [6, 6.07) is 3.81. The fourth-order valence-electron chi connectivity index (χ4n) is 2.60. The Balaban J connectivity index is 1.55.